The number of esters is 1. The van der Waals surface area contributed by atoms with Crippen molar-refractivity contribution in [2.24, 2.45) is 0 Å². The van der Waals surface area contributed by atoms with Gasteiger partial charge in [0.2, 0.25) is 0 Å². The molecule has 14 heavy (non-hydrogen) atoms. The van der Waals surface area contributed by atoms with Gasteiger partial charge in [-0.15, -0.1) is 0 Å². The van der Waals surface area contributed by atoms with E-state index in [2.05, 4.69) is 4.74 Å². The number of ether oxygens (including phenoxy) is 1. The highest BCUT2D eigenvalue weighted by Crippen LogP contribution is 1.97. The summed E-state index contributed by atoms with van der Waals surface area (Å²) >= 11 is 0. The summed E-state index contributed by atoms with van der Waals surface area (Å²) in [6, 6.07) is 0. The lowest BCUT2D eigenvalue weighted by atomic mass is 10.4. The van der Waals surface area contributed by atoms with Crippen LogP contribution in [0.15, 0.2) is 11.8 Å². The van der Waals surface area contributed by atoms with Gasteiger partial charge in [-0.05, 0) is 6.92 Å². The SMILES string of the molecule is CC(=O)O/C(C)=C/C(=O)NS(=O)(=O)Cl. The van der Waals surface area contributed by atoms with E-state index in [1.807, 2.05) is 0 Å². The van der Waals surface area contributed by atoms with Gasteiger partial charge in [-0.2, -0.15) is 8.42 Å². The number of hydrogen-bond donors (Lipinski definition) is 1. The Morgan fingerprint density at radius 3 is 2.21 bits per heavy atom. The minimum Gasteiger partial charge on any atom is -0.431 e. The Labute approximate surface area is 85.4 Å². The molecule has 1 amide bonds. The molecule has 0 aromatic rings. The molecule has 0 radical (unpaired) electrons. The molecule has 0 fully saturated rings. The molecule has 0 aromatic heterocycles. The second-order valence-corrected chi connectivity index (χ2v) is 4.55. The summed E-state index contributed by atoms with van der Waals surface area (Å²) in [5, 5.41) is 0. The van der Waals surface area contributed by atoms with Gasteiger partial charge < -0.3 is 4.74 Å². The molecule has 0 aliphatic carbocycles. The van der Waals surface area contributed by atoms with Gasteiger partial charge in [-0.25, -0.2) is 4.72 Å². The van der Waals surface area contributed by atoms with E-state index >= 15 is 0 Å². The molecule has 0 aliphatic heterocycles. The summed E-state index contributed by atoms with van der Waals surface area (Å²) in [5.74, 6) is -1.63. The Morgan fingerprint density at radius 2 is 1.86 bits per heavy atom. The largest absolute Gasteiger partial charge is 0.431 e. The Hall–Kier alpha value is -1.08. The minimum atomic E-state index is -4.11. The van der Waals surface area contributed by atoms with Gasteiger partial charge in [-0.1, -0.05) is 0 Å². The number of hydrogen-bond acceptors (Lipinski definition) is 5. The van der Waals surface area contributed by atoms with Crippen LogP contribution in [0, 0.1) is 0 Å². The molecule has 8 heteroatoms. The summed E-state index contributed by atoms with van der Waals surface area (Å²) in [4.78, 5) is 21.2. The number of allylic oxidation sites excluding steroid dienone is 1. The topological polar surface area (TPSA) is 89.5 Å². The maximum Gasteiger partial charge on any atom is 0.321 e. The van der Waals surface area contributed by atoms with E-state index < -0.39 is 21.1 Å². The molecule has 0 heterocycles. The highest BCUT2D eigenvalue weighted by Gasteiger charge is 2.08. The fourth-order valence-electron chi connectivity index (χ4n) is 0.590. The lowest BCUT2D eigenvalue weighted by Crippen LogP contribution is -2.24. The van der Waals surface area contributed by atoms with Crippen molar-refractivity contribution in [3.8, 4) is 0 Å². The number of carbonyl (C=O) groups excluding carboxylic acids is 2. The first-order valence-corrected chi connectivity index (χ1v) is 5.64. The van der Waals surface area contributed by atoms with E-state index in [1.165, 1.54) is 11.6 Å². The number of carbonyl (C=O) groups is 2. The van der Waals surface area contributed by atoms with Gasteiger partial charge in [-0.3, -0.25) is 9.59 Å². The molecule has 0 rings (SSSR count). The van der Waals surface area contributed by atoms with Crippen molar-refractivity contribution in [1.29, 1.82) is 0 Å². The number of rotatable bonds is 3. The van der Waals surface area contributed by atoms with E-state index in [-0.39, 0.29) is 5.76 Å². The van der Waals surface area contributed by atoms with E-state index in [1.54, 1.807) is 0 Å². The maximum atomic E-state index is 10.8. The predicted molar refractivity (Wildman–Crippen MR) is 48.4 cm³/mol. The standard InChI is InChI=1S/C6H8ClNO5S/c1-4(13-5(2)9)3-6(10)8-14(7,11)12/h3H,1-2H3,(H,8,10)/b4-3+. The predicted octanol–water partition coefficient (Wildman–Crippen LogP) is 0.0531. The monoisotopic (exact) mass is 241 g/mol. The second kappa shape index (κ2) is 4.97. The molecular weight excluding hydrogens is 234 g/mol. The Bertz CT molecular complexity index is 372. The fourth-order valence-corrected chi connectivity index (χ4v) is 1.12. The summed E-state index contributed by atoms with van der Waals surface area (Å²) in [7, 11) is 0.611. The van der Waals surface area contributed by atoms with Crippen molar-refractivity contribution in [2.75, 3.05) is 0 Å². The van der Waals surface area contributed by atoms with Crippen LogP contribution in [0.3, 0.4) is 0 Å². The van der Waals surface area contributed by atoms with Crippen LogP contribution < -0.4 is 4.72 Å². The molecule has 0 saturated heterocycles. The second-order valence-electron chi connectivity index (χ2n) is 2.25. The molecule has 0 bridgehead atoms. The number of nitrogens with one attached hydrogen (secondary N) is 1. The van der Waals surface area contributed by atoms with Crippen molar-refractivity contribution in [3.05, 3.63) is 11.8 Å². The zero-order valence-electron chi connectivity index (χ0n) is 7.40. The number of amides is 1. The zero-order chi connectivity index (χ0) is 11.4. The molecule has 0 aromatic carbocycles. The average Bonchev–Trinajstić information content (AvgIpc) is 1.77. The van der Waals surface area contributed by atoms with Gasteiger partial charge >= 0.3 is 15.2 Å². The van der Waals surface area contributed by atoms with E-state index in [0.717, 1.165) is 13.0 Å². The quantitative estimate of drug-likeness (QED) is 0.326. The molecular formula is C6H8ClNO5S. The van der Waals surface area contributed by atoms with Crippen LogP contribution >= 0.6 is 10.7 Å². The van der Waals surface area contributed by atoms with Crippen molar-refractivity contribution in [2.45, 2.75) is 13.8 Å². The smallest absolute Gasteiger partial charge is 0.321 e. The van der Waals surface area contributed by atoms with Crippen LogP contribution in [0.1, 0.15) is 13.8 Å². The van der Waals surface area contributed by atoms with Crippen molar-refractivity contribution >= 4 is 31.8 Å². The molecule has 1 N–H and O–H groups in total. The van der Waals surface area contributed by atoms with Crippen LogP contribution in [0.2, 0.25) is 0 Å². The van der Waals surface area contributed by atoms with Crippen LogP contribution in [0.5, 0.6) is 0 Å². The molecule has 0 spiro atoms. The van der Waals surface area contributed by atoms with Crippen molar-refractivity contribution < 1.29 is 22.7 Å². The summed E-state index contributed by atoms with van der Waals surface area (Å²) in [6.07, 6.45) is 0.793. The van der Waals surface area contributed by atoms with Crippen LogP contribution in [0.25, 0.3) is 0 Å². The van der Waals surface area contributed by atoms with Gasteiger partial charge in [0.25, 0.3) is 5.91 Å². The van der Waals surface area contributed by atoms with Crippen molar-refractivity contribution in [1.82, 2.24) is 4.72 Å². The third-order valence-corrected chi connectivity index (χ3v) is 1.54. The van der Waals surface area contributed by atoms with E-state index in [9.17, 15) is 18.0 Å². The lowest BCUT2D eigenvalue weighted by molar-refractivity contribution is -0.136. The molecule has 0 unspecified atom stereocenters. The minimum absolute atomic E-state index is 0.0321. The van der Waals surface area contributed by atoms with E-state index in [4.69, 9.17) is 10.7 Å². The third-order valence-electron chi connectivity index (χ3n) is 0.862. The summed E-state index contributed by atoms with van der Waals surface area (Å²) < 4.78 is 26.6. The van der Waals surface area contributed by atoms with Gasteiger partial charge in [0.15, 0.2) is 0 Å². The first-order chi connectivity index (χ1) is 6.20. The normalized spacial score (nSPS) is 12.1. The van der Waals surface area contributed by atoms with Crippen LogP contribution in [-0.2, 0) is 23.6 Å². The Kier molecular flexibility index (Phi) is 4.58. The Balaban J connectivity index is 4.37. The van der Waals surface area contributed by atoms with E-state index in [0.29, 0.717) is 0 Å². The molecule has 0 aliphatic rings. The molecule has 0 saturated carbocycles. The zero-order valence-corrected chi connectivity index (χ0v) is 8.98. The highest BCUT2D eigenvalue weighted by atomic mass is 35.7. The first-order valence-electron chi connectivity index (χ1n) is 3.34. The highest BCUT2D eigenvalue weighted by molar-refractivity contribution is 8.12. The summed E-state index contributed by atoms with van der Waals surface area (Å²) in [5.41, 5.74) is 0. The van der Waals surface area contributed by atoms with Gasteiger partial charge in [0.05, 0.1) is 0 Å². The molecule has 6 nitrogen and oxygen atoms in total. The summed E-state index contributed by atoms with van der Waals surface area (Å²) in [6.45, 7) is 2.47. The third kappa shape index (κ3) is 7.56. The fraction of sp³-hybridized carbons (Fsp3) is 0.333. The van der Waals surface area contributed by atoms with Crippen molar-refractivity contribution in [3.63, 3.8) is 0 Å². The van der Waals surface area contributed by atoms with Gasteiger partial charge in [0.1, 0.15) is 5.76 Å². The van der Waals surface area contributed by atoms with Gasteiger partial charge in [0, 0.05) is 23.7 Å². The lowest BCUT2D eigenvalue weighted by Gasteiger charge is -2.00. The van der Waals surface area contributed by atoms with Crippen LogP contribution in [0.4, 0.5) is 0 Å². The number of halogens is 1. The van der Waals surface area contributed by atoms with Crippen LogP contribution in [-0.4, -0.2) is 20.3 Å². The first kappa shape index (κ1) is 12.9. The molecule has 0 atom stereocenters. The Morgan fingerprint density at radius 1 is 1.36 bits per heavy atom. The average molecular weight is 242 g/mol. The maximum absolute atomic E-state index is 10.8. The molecule has 80 valence electrons.